The summed E-state index contributed by atoms with van der Waals surface area (Å²) in [5.74, 6) is 0. The van der Waals surface area contributed by atoms with Crippen LogP contribution in [0.4, 0.5) is 13.2 Å². The molecule has 1 heterocycles. The summed E-state index contributed by atoms with van der Waals surface area (Å²) in [5.41, 5.74) is -4.03. The van der Waals surface area contributed by atoms with E-state index in [2.05, 4.69) is 32.2 Å². The average Bonchev–Trinajstić information content (AvgIpc) is 3.04. The highest BCUT2D eigenvalue weighted by atomic mass is 32.2. The molecule has 0 spiro atoms. The van der Waals surface area contributed by atoms with E-state index in [-0.39, 0.29) is 0 Å². The summed E-state index contributed by atoms with van der Waals surface area (Å²) in [6, 6.07) is 0. The summed E-state index contributed by atoms with van der Waals surface area (Å²) in [4.78, 5) is 1.63. The average molecular weight is 428 g/mol. The molecule has 0 radical (unpaired) electrons. The van der Waals surface area contributed by atoms with Gasteiger partial charge in [0, 0.05) is 12.5 Å². The quantitative estimate of drug-likeness (QED) is 0.254. The van der Waals surface area contributed by atoms with Gasteiger partial charge in [-0.1, -0.05) is 65.2 Å². The summed E-state index contributed by atoms with van der Waals surface area (Å²) in [7, 11) is -6.09. The molecule has 4 nitrogen and oxygen atoms in total. The van der Waals surface area contributed by atoms with Gasteiger partial charge in [0.15, 0.2) is 10.1 Å². The maximum atomic E-state index is 10.7. The van der Waals surface area contributed by atoms with Crippen molar-refractivity contribution in [3.8, 4) is 0 Å². The van der Waals surface area contributed by atoms with Crippen LogP contribution in [0.3, 0.4) is 0 Å². The lowest BCUT2D eigenvalue weighted by molar-refractivity contribution is -0.804. The molecule has 0 fully saturated rings. The molecule has 8 heteroatoms. The van der Waals surface area contributed by atoms with Crippen molar-refractivity contribution >= 4 is 10.1 Å². The number of quaternary nitrogens is 1. The maximum absolute atomic E-state index is 10.7. The lowest BCUT2D eigenvalue weighted by atomic mass is 10.1. The number of alkyl halides is 3. The third kappa shape index (κ3) is 13.3. The van der Waals surface area contributed by atoms with Crippen LogP contribution in [0.25, 0.3) is 0 Å². The lowest BCUT2D eigenvalue weighted by Crippen LogP contribution is -3.04. The van der Waals surface area contributed by atoms with Crippen LogP contribution in [-0.2, 0) is 10.1 Å². The van der Waals surface area contributed by atoms with E-state index in [9.17, 15) is 13.2 Å². The Balaban J connectivity index is 0.000000769. The normalized spacial score (nSPS) is 16.6. The Morgan fingerprint density at radius 1 is 0.893 bits per heavy atom. The van der Waals surface area contributed by atoms with Gasteiger partial charge >= 0.3 is 5.51 Å². The van der Waals surface area contributed by atoms with Gasteiger partial charge in [-0.3, -0.25) is 4.90 Å². The molecule has 0 aromatic heterocycles. The first-order chi connectivity index (χ1) is 13.1. The van der Waals surface area contributed by atoms with Crippen LogP contribution in [0.15, 0.2) is 24.0 Å². The molecule has 1 atom stereocenters. The van der Waals surface area contributed by atoms with Gasteiger partial charge in [0.25, 0.3) is 0 Å². The molecule has 1 aliphatic rings. The first-order valence-corrected chi connectivity index (χ1v) is 11.8. The SMILES string of the molecule is CCCCCCCCCCC[NH+]1C=CC=C1CCCC.O=S(=O)([O-])C(F)(F)F. The first kappa shape index (κ1) is 27.1. The van der Waals surface area contributed by atoms with Crippen molar-refractivity contribution in [2.75, 3.05) is 6.54 Å². The Morgan fingerprint density at radius 3 is 1.82 bits per heavy atom. The Kier molecular flexibility index (Phi) is 14.6. The zero-order valence-corrected chi connectivity index (χ0v) is 18.0. The predicted octanol–water partition coefficient (Wildman–Crippen LogP) is 5.05. The summed E-state index contributed by atoms with van der Waals surface area (Å²) < 4.78 is 58.9. The Morgan fingerprint density at radius 2 is 1.36 bits per heavy atom. The second-order valence-corrected chi connectivity index (χ2v) is 8.53. The lowest BCUT2D eigenvalue weighted by Gasteiger charge is -2.14. The van der Waals surface area contributed by atoms with Gasteiger partial charge in [0.05, 0.1) is 12.7 Å². The molecular weight excluding hydrogens is 391 g/mol. The van der Waals surface area contributed by atoms with E-state index in [0.29, 0.717) is 0 Å². The number of halogens is 3. The minimum Gasteiger partial charge on any atom is -0.741 e. The van der Waals surface area contributed by atoms with Crippen LogP contribution < -0.4 is 4.90 Å². The van der Waals surface area contributed by atoms with E-state index in [1.165, 1.54) is 83.6 Å². The third-order valence-corrected chi connectivity index (χ3v) is 5.21. The number of nitrogens with one attached hydrogen (secondary N) is 1. The van der Waals surface area contributed by atoms with Crippen LogP contribution in [0.2, 0.25) is 0 Å². The van der Waals surface area contributed by atoms with Gasteiger partial charge in [0.2, 0.25) is 0 Å². The van der Waals surface area contributed by atoms with Crippen LogP contribution in [-0.4, -0.2) is 25.0 Å². The highest BCUT2D eigenvalue weighted by Gasteiger charge is 2.36. The van der Waals surface area contributed by atoms with Crippen molar-refractivity contribution in [3.63, 3.8) is 0 Å². The second kappa shape index (κ2) is 15.0. The third-order valence-electron chi connectivity index (χ3n) is 4.64. The van der Waals surface area contributed by atoms with Gasteiger partial charge < -0.3 is 4.55 Å². The molecule has 0 saturated carbocycles. The Bertz CT molecular complexity index is 558. The van der Waals surface area contributed by atoms with E-state index >= 15 is 0 Å². The summed E-state index contributed by atoms with van der Waals surface area (Å²) in [6.45, 7) is 5.88. The molecule has 1 aliphatic heterocycles. The van der Waals surface area contributed by atoms with Crippen molar-refractivity contribution in [1.29, 1.82) is 0 Å². The van der Waals surface area contributed by atoms with Crippen LogP contribution >= 0.6 is 0 Å². The Hall–Kier alpha value is -0.860. The van der Waals surface area contributed by atoms with Gasteiger partial charge in [0.1, 0.15) is 5.70 Å². The zero-order chi connectivity index (χ0) is 21.5. The summed E-state index contributed by atoms with van der Waals surface area (Å²) >= 11 is 0. The van der Waals surface area contributed by atoms with Crippen LogP contribution in [0.5, 0.6) is 0 Å². The number of rotatable bonds is 13. The van der Waals surface area contributed by atoms with Crippen molar-refractivity contribution < 1.29 is 31.0 Å². The first-order valence-electron chi connectivity index (χ1n) is 10.4. The number of allylic oxidation sites excluding steroid dienone is 3. The van der Waals surface area contributed by atoms with Crippen molar-refractivity contribution in [1.82, 2.24) is 0 Å². The fourth-order valence-electron chi connectivity index (χ4n) is 2.98. The van der Waals surface area contributed by atoms with E-state index in [0.717, 1.165) is 0 Å². The van der Waals surface area contributed by atoms with Crippen LogP contribution in [0.1, 0.15) is 90.9 Å². The standard InChI is InChI=1S/C19H35N.CHF3O3S/c1-3-5-7-8-9-10-11-12-13-17-20-18-14-16-19(20)15-6-4-2;2-1(3,4)8(5,6)7/h14,16,18H,3-13,15,17H2,1-2H3;(H,5,6,7). The molecule has 28 heavy (non-hydrogen) atoms. The van der Waals surface area contributed by atoms with Crippen LogP contribution in [0, 0.1) is 0 Å². The molecule has 0 aromatic rings. The van der Waals surface area contributed by atoms with Gasteiger partial charge in [-0.05, 0) is 25.3 Å². The van der Waals surface area contributed by atoms with Crippen molar-refractivity contribution in [2.45, 2.75) is 96.4 Å². The highest BCUT2D eigenvalue weighted by molar-refractivity contribution is 7.86. The molecule has 0 saturated heterocycles. The van der Waals surface area contributed by atoms with Crippen molar-refractivity contribution in [2.24, 2.45) is 0 Å². The molecule has 0 amide bonds. The summed E-state index contributed by atoms with van der Waals surface area (Å²) in [6.07, 6.45) is 23.7. The largest absolute Gasteiger partial charge is 0.741 e. The number of unbranched alkanes of at least 4 members (excludes halogenated alkanes) is 9. The molecule has 0 aliphatic carbocycles. The fraction of sp³-hybridized carbons (Fsp3) is 0.800. The minimum absolute atomic E-state index is 1.29. The van der Waals surface area contributed by atoms with E-state index in [4.69, 9.17) is 13.0 Å². The highest BCUT2D eigenvalue weighted by Crippen LogP contribution is 2.20. The number of hydrogen-bond donors (Lipinski definition) is 1. The van der Waals surface area contributed by atoms with Gasteiger partial charge in [-0.2, -0.15) is 13.2 Å². The second-order valence-electron chi connectivity index (χ2n) is 7.16. The Labute approximate surface area is 168 Å². The maximum Gasteiger partial charge on any atom is 0.485 e. The topological polar surface area (TPSA) is 61.6 Å². The zero-order valence-electron chi connectivity index (χ0n) is 17.2. The smallest absolute Gasteiger partial charge is 0.485 e. The monoisotopic (exact) mass is 427 g/mol. The number of hydrogen-bond acceptors (Lipinski definition) is 3. The molecule has 0 aromatic carbocycles. The molecule has 166 valence electrons. The van der Waals surface area contributed by atoms with Gasteiger partial charge in [-0.15, -0.1) is 0 Å². The van der Waals surface area contributed by atoms with E-state index in [1.807, 2.05) is 0 Å². The molecule has 0 bridgehead atoms. The van der Waals surface area contributed by atoms with Gasteiger partial charge in [-0.25, -0.2) is 8.42 Å². The fourth-order valence-corrected chi connectivity index (χ4v) is 2.98. The van der Waals surface area contributed by atoms with E-state index in [1.54, 1.807) is 10.6 Å². The van der Waals surface area contributed by atoms with E-state index < -0.39 is 15.6 Å². The molecule has 1 N–H and O–H groups in total. The molecule has 1 rings (SSSR count). The summed E-state index contributed by atoms with van der Waals surface area (Å²) in [5, 5.41) is 0. The predicted molar refractivity (Wildman–Crippen MR) is 106 cm³/mol. The molecular formula is C20H36F3NO3S. The minimum atomic E-state index is -6.09. The van der Waals surface area contributed by atoms with Crippen molar-refractivity contribution in [3.05, 3.63) is 24.0 Å². The molecule has 1 unspecified atom stereocenters.